The molecule has 0 spiro atoms. The highest BCUT2D eigenvalue weighted by molar-refractivity contribution is 7.25. The van der Waals surface area contributed by atoms with Crippen molar-refractivity contribution in [2.24, 2.45) is 0 Å². The van der Waals surface area contributed by atoms with Crippen molar-refractivity contribution in [1.29, 1.82) is 10.5 Å². The van der Waals surface area contributed by atoms with Crippen LogP contribution < -0.4 is 14.7 Å². The summed E-state index contributed by atoms with van der Waals surface area (Å²) in [6, 6.07) is 56.4. The van der Waals surface area contributed by atoms with E-state index in [1.165, 1.54) is 45.9 Å². The van der Waals surface area contributed by atoms with Crippen LogP contribution in [0, 0.1) is 29.6 Å². The first-order valence-corrected chi connectivity index (χ1v) is 22.7. The van der Waals surface area contributed by atoms with Crippen LogP contribution in [0.5, 0.6) is 0 Å². The molecule has 4 heterocycles. The van der Waals surface area contributed by atoms with E-state index in [9.17, 15) is 10.5 Å². The van der Waals surface area contributed by atoms with Gasteiger partial charge in [-0.3, -0.25) is 0 Å². The van der Waals surface area contributed by atoms with E-state index in [1.807, 2.05) is 36.4 Å². The zero-order chi connectivity index (χ0) is 42.3. The van der Waals surface area contributed by atoms with Gasteiger partial charge >= 0.3 is 0 Å². The molecule has 0 fully saturated rings. The van der Waals surface area contributed by atoms with Crippen molar-refractivity contribution in [1.82, 2.24) is 4.57 Å². The highest BCUT2D eigenvalue weighted by Gasteiger charge is 2.40. The molecule has 2 unspecified atom stereocenters. The van der Waals surface area contributed by atoms with Gasteiger partial charge in [-0.2, -0.15) is 10.5 Å². The number of aromatic nitrogens is 1. The Kier molecular flexibility index (Phi) is 8.49. The predicted molar refractivity (Wildman–Crippen MR) is 266 cm³/mol. The van der Waals surface area contributed by atoms with Crippen LogP contribution in [0.25, 0.3) is 88.1 Å². The van der Waals surface area contributed by atoms with Gasteiger partial charge < -0.3 is 9.47 Å². The maximum absolute atomic E-state index is 11.2. The van der Waals surface area contributed by atoms with Gasteiger partial charge in [0.25, 0.3) is 0 Å². The summed E-state index contributed by atoms with van der Waals surface area (Å²) in [6.45, 7) is 6.10. The van der Waals surface area contributed by atoms with Gasteiger partial charge in [0.2, 0.25) is 0 Å². The van der Waals surface area contributed by atoms with Crippen molar-refractivity contribution >= 4 is 94.3 Å². The summed E-state index contributed by atoms with van der Waals surface area (Å²) in [7, 11) is 0. The molecule has 0 radical (unpaired) electrons. The summed E-state index contributed by atoms with van der Waals surface area (Å²) >= 11 is 3.58. The summed E-state index contributed by atoms with van der Waals surface area (Å²) in [6.07, 6.45) is 10.8. The second kappa shape index (κ2) is 14.4. The molecule has 1 aliphatic carbocycles. The molecule has 3 aromatic heterocycles. The largest absolute Gasteiger partial charge is 0.332 e. The molecule has 1 aliphatic heterocycles. The standard InChI is InChI=1S/C57H36N4S2/c1-3-4-17-41-34(2)62-56-30-53-45(28-47(41)56)43-24-37(35-13-7-5-8-14-35)20-22-49(43)60(53)51-26-40(33-59)52(27-39(51)32-58)61-50-23-21-38(36-15-9-6-10-16-36)25-44(50)46-29-48-42-18-11-12-19-55(42)63-57(48)31-54(46)61/h3-31,45,53H,1H2,2H3/b17-4-. The maximum atomic E-state index is 11.2. The lowest BCUT2D eigenvalue weighted by Crippen LogP contribution is -2.37. The highest BCUT2D eigenvalue weighted by atomic mass is 32.1. The number of allylic oxidation sites excluding steroid dienone is 2. The number of fused-ring (bicyclic) bond motifs is 10. The van der Waals surface area contributed by atoms with Crippen LogP contribution in [0.3, 0.4) is 0 Å². The maximum Gasteiger partial charge on any atom is 0.101 e. The monoisotopic (exact) mass is 840 g/mol. The van der Waals surface area contributed by atoms with Crippen molar-refractivity contribution in [2.45, 2.75) is 18.9 Å². The number of nitriles is 2. The third-order valence-electron chi connectivity index (χ3n) is 12.9. The van der Waals surface area contributed by atoms with E-state index in [1.54, 1.807) is 22.7 Å². The fraction of sp³-hybridized carbons (Fsp3) is 0.0526. The fourth-order valence-electron chi connectivity index (χ4n) is 10.1. The third kappa shape index (κ3) is 5.70. The third-order valence-corrected chi connectivity index (χ3v) is 15.1. The van der Waals surface area contributed by atoms with Gasteiger partial charge in [-0.25, -0.2) is 0 Å². The van der Waals surface area contributed by atoms with E-state index in [0.717, 1.165) is 55.4 Å². The van der Waals surface area contributed by atoms with Crippen molar-refractivity contribution in [3.63, 3.8) is 0 Å². The SMILES string of the molecule is C=C/C=C\c1c(C)sc2c1=CC1c3cc(-c4ccccc4)ccc3N(c3cc(C#N)c(-n4c5ccc(-c6ccccc6)cc5c5cc6c(cc54)sc4ccccc46)cc3C#N)C1C=2. The Labute approximate surface area is 372 Å². The summed E-state index contributed by atoms with van der Waals surface area (Å²) in [4.78, 5) is 3.56. The summed E-state index contributed by atoms with van der Waals surface area (Å²) in [5.74, 6) is 0.0117. The van der Waals surface area contributed by atoms with E-state index < -0.39 is 0 Å². The van der Waals surface area contributed by atoms with Crippen LogP contribution in [-0.4, -0.2) is 10.6 Å². The van der Waals surface area contributed by atoms with E-state index in [4.69, 9.17) is 0 Å². The molecule has 4 nitrogen and oxygen atoms in total. The number of thiophene rings is 2. The molecule has 10 aromatic rings. The number of hydrogen-bond donors (Lipinski definition) is 0. The number of rotatable bonds is 6. The Morgan fingerprint density at radius 3 is 2.03 bits per heavy atom. The quantitative estimate of drug-likeness (QED) is 0.157. The van der Waals surface area contributed by atoms with Crippen molar-refractivity contribution in [2.75, 3.05) is 4.90 Å². The van der Waals surface area contributed by atoms with Gasteiger partial charge in [0, 0.05) is 52.0 Å². The number of hydrogen-bond acceptors (Lipinski definition) is 5. The molecular weight excluding hydrogens is 805 g/mol. The molecule has 2 atom stereocenters. The molecular formula is C57H36N4S2. The second-order valence-corrected chi connectivity index (χ2v) is 18.7. The van der Waals surface area contributed by atoms with Gasteiger partial charge in [0.05, 0.1) is 39.6 Å². The Bertz CT molecular complexity index is 3810. The molecule has 12 rings (SSSR count). The molecule has 0 saturated carbocycles. The molecule has 0 saturated heterocycles. The average molecular weight is 841 g/mol. The molecule has 0 amide bonds. The van der Waals surface area contributed by atoms with Gasteiger partial charge in [0.15, 0.2) is 0 Å². The van der Waals surface area contributed by atoms with Crippen LogP contribution >= 0.6 is 22.7 Å². The average Bonchev–Trinajstić information content (AvgIpc) is 4.05. The first kappa shape index (κ1) is 37.1. The van der Waals surface area contributed by atoms with Crippen LogP contribution in [-0.2, 0) is 0 Å². The van der Waals surface area contributed by atoms with Crippen LogP contribution in [0.15, 0.2) is 164 Å². The minimum atomic E-state index is -0.108. The van der Waals surface area contributed by atoms with Crippen LogP contribution in [0.2, 0.25) is 0 Å². The molecule has 6 heteroatoms. The van der Waals surface area contributed by atoms with Crippen molar-refractivity contribution in [3.05, 3.63) is 201 Å². The minimum Gasteiger partial charge on any atom is -0.332 e. The first-order valence-electron chi connectivity index (χ1n) is 21.1. The fourth-order valence-corrected chi connectivity index (χ4v) is 12.3. The number of benzene rings is 7. The summed E-state index contributed by atoms with van der Waals surface area (Å²) in [5, 5.41) is 28.3. The lowest BCUT2D eigenvalue weighted by Gasteiger charge is -2.30. The van der Waals surface area contributed by atoms with Crippen molar-refractivity contribution in [3.8, 4) is 40.1 Å². The highest BCUT2D eigenvalue weighted by Crippen LogP contribution is 2.51. The van der Waals surface area contributed by atoms with E-state index in [-0.39, 0.29) is 12.0 Å². The number of nitrogens with zero attached hydrogens (tertiary/aromatic N) is 4. The zero-order valence-electron chi connectivity index (χ0n) is 34.2. The molecule has 7 aromatic carbocycles. The summed E-state index contributed by atoms with van der Waals surface area (Å²) in [5.41, 5.74) is 12.4. The Balaban J connectivity index is 1.09. The Hall–Kier alpha value is -7.74. The van der Waals surface area contributed by atoms with E-state index in [2.05, 4.69) is 175 Å². The van der Waals surface area contributed by atoms with Gasteiger partial charge in [-0.05, 0) is 106 Å². The van der Waals surface area contributed by atoms with Gasteiger partial charge in [-0.15, -0.1) is 22.7 Å². The molecule has 296 valence electrons. The van der Waals surface area contributed by atoms with Crippen LogP contribution in [0.1, 0.15) is 33.0 Å². The zero-order valence-corrected chi connectivity index (χ0v) is 35.8. The van der Waals surface area contributed by atoms with Gasteiger partial charge in [-0.1, -0.05) is 122 Å². The second-order valence-electron chi connectivity index (χ2n) is 16.3. The number of aryl methyl sites for hydroxylation is 1. The minimum absolute atomic E-state index is 0.0117. The van der Waals surface area contributed by atoms with Crippen LogP contribution in [0.4, 0.5) is 11.4 Å². The molecule has 0 bridgehead atoms. The van der Waals surface area contributed by atoms with Gasteiger partial charge in [0.1, 0.15) is 12.1 Å². The van der Waals surface area contributed by atoms with E-state index >= 15 is 0 Å². The Morgan fingerprint density at radius 2 is 1.27 bits per heavy atom. The van der Waals surface area contributed by atoms with E-state index in [0.29, 0.717) is 16.8 Å². The Morgan fingerprint density at radius 1 is 0.587 bits per heavy atom. The molecule has 0 N–H and O–H groups in total. The predicted octanol–water partition coefficient (Wildman–Crippen LogP) is 13.7. The molecule has 63 heavy (non-hydrogen) atoms. The lowest BCUT2D eigenvalue weighted by molar-refractivity contribution is 0.803. The smallest absolute Gasteiger partial charge is 0.101 e. The normalized spacial score (nSPS) is 15.3. The molecule has 2 aliphatic rings. The summed E-state index contributed by atoms with van der Waals surface area (Å²) < 4.78 is 5.83. The lowest BCUT2D eigenvalue weighted by atomic mass is 9.88. The topological polar surface area (TPSA) is 55.8 Å². The first-order chi connectivity index (χ1) is 31.0. The number of anilines is 2. The van der Waals surface area contributed by atoms with Crippen molar-refractivity contribution < 1.29 is 0 Å².